The third kappa shape index (κ3) is 3.89. The first kappa shape index (κ1) is 17.2. The number of carbonyl (C=O) groups is 1. The van der Waals surface area contributed by atoms with Crippen LogP contribution in [0, 0.1) is 11.7 Å². The van der Waals surface area contributed by atoms with Gasteiger partial charge >= 0.3 is 6.09 Å². The molecule has 1 saturated heterocycles. The normalized spacial score (nSPS) is 23.4. The van der Waals surface area contributed by atoms with Crippen LogP contribution in [0.5, 0.6) is 0 Å². The van der Waals surface area contributed by atoms with Crippen molar-refractivity contribution in [3.8, 4) is 0 Å². The molecule has 132 valence electrons. The highest BCUT2D eigenvalue weighted by Crippen LogP contribution is 2.33. The van der Waals surface area contributed by atoms with Crippen LogP contribution in [0.25, 0.3) is 0 Å². The van der Waals surface area contributed by atoms with Gasteiger partial charge in [-0.1, -0.05) is 12.1 Å². The summed E-state index contributed by atoms with van der Waals surface area (Å²) in [5.74, 6) is 0.337. The molecule has 1 N–H and O–H groups in total. The summed E-state index contributed by atoms with van der Waals surface area (Å²) in [5.41, 5.74) is 1.50. The number of fused-ring (bicyclic) bond motifs is 1. The molecule has 0 spiro atoms. The molecule has 0 aromatic heterocycles. The molecule has 2 unspecified atom stereocenters. The molecule has 2 aliphatic rings. The van der Waals surface area contributed by atoms with E-state index in [4.69, 9.17) is 4.74 Å². The van der Waals surface area contributed by atoms with E-state index in [1.165, 1.54) is 6.07 Å². The van der Waals surface area contributed by atoms with Crippen LogP contribution in [-0.4, -0.2) is 36.2 Å². The zero-order chi connectivity index (χ0) is 17.3. The fraction of sp³-hybridized carbons (Fsp3) is 0.632. The van der Waals surface area contributed by atoms with Crippen LogP contribution in [-0.2, 0) is 11.2 Å². The standard InChI is InChI=1S/C19H27FN2O2/c1-19(2,3)24-18(23)22-10-9-13(12-22)11-21-17-8-7-14-15(17)5-4-6-16(14)20/h4-6,13,17,21H,7-12H2,1-3H3. The van der Waals surface area contributed by atoms with E-state index in [2.05, 4.69) is 5.32 Å². The number of ether oxygens (including phenoxy) is 1. The Hall–Kier alpha value is -1.62. The maximum atomic E-state index is 13.8. The minimum atomic E-state index is -0.453. The predicted molar refractivity (Wildman–Crippen MR) is 91.4 cm³/mol. The number of benzene rings is 1. The van der Waals surface area contributed by atoms with Crippen LogP contribution >= 0.6 is 0 Å². The number of hydrogen-bond acceptors (Lipinski definition) is 3. The molecular weight excluding hydrogens is 307 g/mol. The summed E-state index contributed by atoms with van der Waals surface area (Å²) in [4.78, 5) is 13.9. The molecule has 0 saturated carbocycles. The lowest BCUT2D eigenvalue weighted by Gasteiger charge is -2.24. The lowest BCUT2D eigenvalue weighted by atomic mass is 10.1. The number of amides is 1. The van der Waals surface area contributed by atoms with Gasteiger partial charge in [-0.05, 0) is 63.1 Å². The van der Waals surface area contributed by atoms with E-state index < -0.39 is 5.60 Å². The van der Waals surface area contributed by atoms with Gasteiger partial charge in [0, 0.05) is 25.7 Å². The van der Waals surface area contributed by atoms with Crippen molar-refractivity contribution < 1.29 is 13.9 Å². The molecule has 1 aromatic rings. The molecular formula is C19H27FN2O2. The van der Waals surface area contributed by atoms with Gasteiger partial charge < -0.3 is 15.0 Å². The SMILES string of the molecule is CC(C)(C)OC(=O)N1CCC(CNC2CCc3c(F)cccc32)C1. The quantitative estimate of drug-likeness (QED) is 0.917. The van der Waals surface area contributed by atoms with E-state index in [0.717, 1.165) is 50.0 Å². The Balaban J connectivity index is 1.50. The minimum absolute atomic E-state index is 0.0891. The number of likely N-dealkylation sites (tertiary alicyclic amines) is 1. The van der Waals surface area contributed by atoms with Crippen LogP contribution in [0.4, 0.5) is 9.18 Å². The van der Waals surface area contributed by atoms with Gasteiger partial charge in [0.1, 0.15) is 11.4 Å². The lowest BCUT2D eigenvalue weighted by molar-refractivity contribution is 0.0288. The van der Waals surface area contributed by atoms with Gasteiger partial charge in [-0.3, -0.25) is 0 Å². The van der Waals surface area contributed by atoms with Gasteiger partial charge in [-0.25, -0.2) is 9.18 Å². The van der Waals surface area contributed by atoms with Crippen molar-refractivity contribution in [1.29, 1.82) is 0 Å². The van der Waals surface area contributed by atoms with Gasteiger partial charge in [0.25, 0.3) is 0 Å². The zero-order valence-electron chi connectivity index (χ0n) is 14.8. The average Bonchev–Trinajstić information content (AvgIpc) is 3.10. The summed E-state index contributed by atoms with van der Waals surface area (Å²) in [7, 11) is 0. The van der Waals surface area contributed by atoms with Crippen molar-refractivity contribution in [3.05, 3.63) is 35.1 Å². The molecule has 1 heterocycles. The van der Waals surface area contributed by atoms with Gasteiger partial charge in [-0.2, -0.15) is 0 Å². The van der Waals surface area contributed by atoms with Gasteiger partial charge in [0.05, 0.1) is 0 Å². The molecule has 0 radical (unpaired) electrons. The van der Waals surface area contributed by atoms with E-state index in [1.807, 2.05) is 26.8 Å². The first-order valence-electron chi connectivity index (χ1n) is 8.82. The number of nitrogens with zero attached hydrogens (tertiary/aromatic N) is 1. The number of carbonyl (C=O) groups excluding carboxylic acids is 1. The fourth-order valence-electron chi connectivity index (χ4n) is 3.62. The maximum Gasteiger partial charge on any atom is 0.410 e. The van der Waals surface area contributed by atoms with Gasteiger partial charge in [-0.15, -0.1) is 0 Å². The lowest BCUT2D eigenvalue weighted by Crippen LogP contribution is -2.36. The Morgan fingerprint density at radius 3 is 2.92 bits per heavy atom. The summed E-state index contributed by atoms with van der Waals surface area (Å²) < 4.78 is 19.2. The minimum Gasteiger partial charge on any atom is -0.444 e. The molecule has 24 heavy (non-hydrogen) atoms. The Morgan fingerprint density at radius 2 is 2.17 bits per heavy atom. The molecule has 3 rings (SSSR count). The van der Waals surface area contributed by atoms with Crippen LogP contribution in [0.3, 0.4) is 0 Å². The van der Waals surface area contributed by atoms with E-state index in [-0.39, 0.29) is 18.0 Å². The first-order chi connectivity index (χ1) is 11.3. The molecule has 1 aliphatic heterocycles. The third-order valence-electron chi connectivity index (χ3n) is 4.80. The molecule has 1 fully saturated rings. The van der Waals surface area contributed by atoms with E-state index >= 15 is 0 Å². The molecule has 1 aliphatic carbocycles. The van der Waals surface area contributed by atoms with Crippen molar-refractivity contribution in [1.82, 2.24) is 10.2 Å². The fourth-order valence-corrected chi connectivity index (χ4v) is 3.62. The van der Waals surface area contributed by atoms with Crippen molar-refractivity contribution in [2.75, 3.05) is 19.6 Å². The second-order valence-corrected chi connectivity index (χ2v) is 7.89. The summed E-state index contributed by atoms with van der Waals surface area (Å²) in [6, 6.07) is 5.57. The largest absolute Gasteiger partial charge is 0.444 e. The second kappa shape index (κ2) is 6.71. The summed E-state index contributed by atoms with van der Waals surface area (Å²) in [5, 5.41) is 3.57. The van der Waals surface area contributed by atoms with Crippen LogP contribution in [0.15, 0.2) is 18.2 Å². The molecule has 2 atom stereocenters. The Kier molecular flexibility index (Phi) is 4.81. The maximum absolute atomic E-state index is 13.8. The van der Waals surface area contributed by atoms with E-state index in [1.54, 1.807) is 11.0 Å². The van der Waals surface area contributed by atoms with Crippen molar-refractivity contribution in [2.24, 2.45) is 5.92 Å². The highest BCUT2D eigenvalue weighted by atomic mass is 19.1. The summed E-state index contributed by atoms with van der Waals surface area (Å²) in [6.45, 7) is 7.98. The number of hydrogen-bond donors (Lipinski definition) is 1. The monoisotopic (exact) mass is 334 g/mol. The Bertz CT molecular complexity index is 612. The summed E-state index contributed by atoms with van der Waals surface area (Å²) >= 11 is 0. The molecule has 0 bridgehead atoms. The Labute approximate surface area is 143 Å². The van der Waals surface area contributed by atoms with E-state index in [9.17, 15) is 9.18 Å². The topological polar surface area (TPSA) is 41.6 Å². The molecule has 1 aromatic carbocycles. The third-order valence-corrected chi connectivity index (χ3v) is 4.80. The smallest absolute Gasteiger partial charge is 0.410 e. The highest BCUT2D eigenvalue weighted by Gasteiger charge is 2.31. The predicted octanol–water partition coefficient (Wildman–Crippen LogP) is 3.66. The average molecular weight is 334 g/mol. The number of halogens is 1. The first-order valence-corrected chi connectivity index (χ1v) is 8.82. The number of rotatable bonds is 3. The van der Waals surface area contributed by atoms with Crippen LogP contribution < -0.4 is 5.32 Å². The zero-order valence-corrected chi connectivity index (χ0v) is 14.8. The van der Waals surface area contributed by atoms with Crippen molar-refractivity contribution in [3.63, 3.8) is 0 Å². The van der Waals surface area contributed by atoms with Crippen molar-refractivity contribution in [2.45, 2.75) is 51.7 Å². The van der Waals surface area contributed by atoms with Gasteiger partial charge in [0.15, 0.2) is 0 Å². The molecule has 4 nitrogen and oxygen atoms in total. The van der Waals surface area contributed by atoms with Gasteiger partial charge in [0.2, 0.25) is 0 Å². The van der Waals surface area contributed by atoms with Crippen molar-refractivity contribution >= 4 is 6.09 Å². The van der Waals surface area contributed by atoms with Crippen LogP contribution in [0.2, 0.25) is 0 Å². The number of nitrogens with one attached hydrogen (secondary N) is 1. The Morgan fingerprint density at radius 1 is 1.38 bits per heavy atom. The molecule has 5 heteroatoms. The van der Waals surface area contributed by atoms with Crippen LogP contribution in [0.1, 0.15) is 50.8 Å². The highest BCUT2D eigenvalue weighted by molar-refractivity contribution is 5.68. The van der Waals surface area contributed by atoms with E-state index in [0.29, 0.717) is 5.92 Å². The molecule has 1 amide bonds. The summed E-state index contributed by atoms with van der Waals surface area (Å²) in [6.07, 6.45) is 2.50. The second-order valence-electron chi connectivity index (χ2n) is 7.89.